The maximum absolute atomic E-state index is 12.7. The number of halogens is 3. The van der Waals surface area contributed by atoms with E-state index in [2.05, 4.69) is 11.6 Å². The number of rotatable bonds is 6. The van der Waals surface area contributed by atoms with E-state index < -0.39 is 11.7 Å². The minimum atomic E-state index is -4.37. The molecule has 1 amide bonds. The van der Waals surface area contributed by atoms with Crippen LogP contribution in [0.1, 0.15) is 24.8 Å². The Morgan fingerprint density at radius 2 is 1.86 bits per heavy atom. The molecule has 1 aliphatic heterocycles. The second-order valence-electron chi connectivity index (χ2n) is 7.02. The molecular weight excluding hydrogens is 381 g/mol. The quantitative estimate of drug-likeness (QED) is 0.629. The van der Waals surface area contributed by atoms with E-state index in [1.54, 1.807) is 23.2 Å². The van der Waals surface area contributed by atoms with Gasteiger partial charge in [-0.25, -0.2) is 0 Å². The standard InChI is InChI=1S/C22H23F3N2O2/c1-2-21(28)27(12-9-16-10-13-29-14-11-16)19-7-8-20(26-15-19)17-3-5-18(6-4-17)22(23,24)25/h2-8,15-16H,1,9-14H2. The van der Waals surface area contributed by atoms with Crippen LogP contribution in [0.5, 0.6) is 0 Å². The molecule has 1 aromatic carbocycles. The van der Waals surface area contributed by atoms with E-state index in [-0.39, 0.29) is 5.91 Å². The number of amides is 1. The number of anilines is 1. The van der Waals surface area contributed by atoms with Crippen LogP contribution in [0.25, 0.3) is 11.3 Å². The number of nitrogens with zero attached hydrogens (tertiary/aromatic N) is 2. The van der Waals surface area contributed by atoms with Crippen LogP contribution in [0.4, 0.5) is 18.9 Å². The molecule has 3 rings (SSSR count). The first-order chi connectivity index (χ1) is 13.9. The van der Waals surface area contributed by atoms with Crippen molar-refractivity contribution in [3.63, 3.8) is 0 Å². The van der Waals surface area contributed by atoms with E-state index in [9.17, 15) is 18.0 Å². The molecule has 4 nitrogen and oxygen atoms in total. The zero-order chi connectivity index (χ0) is 20.9. The van der Waals surface area contributed by atoms with Crippen molar-refractivity contribution in [2.24, 2.45) is 5.92 Å². The number of alkyl halides is 3. The van der Waals surface area contributed by atoms with Gasteiger partial charge in [-0.15, -0.1) is 0 Å². The molecule has 0 spiro atoms. The van der Waals surface area contributed by atoms with Gasteiger partial charge in [0.2, 0.25) is 5.91 Å². The molecule has 7 heteroatoms. The van der Waals surface area contributed by atoms with Crippen LogP contribution in [0.15, 0.2) is 55.3 Å². The predicted octanol–water partition coefficient (Wildman–Crippen LogP) is 5.10. The number of benzene rings is 1. The van der Waals surface area contributed by atoms with Crippen LogP contribution in [0.3, 0.4) is 0 Å². The van der Waals surface area contributed by atoms with Gasteiger partial charge >= 0.3 is 6.18 Å². The maximum atomic E-state index is 12.7. The number of pyridine rings is 1. The molecule has 154 valence electrons. The molecule has 0 aliphatic carbocycles. The van der Waals surface area contributed by atoms with Gasteiger partial charge in [0.15, 0.2) is 0 Å². The Morgan fingerprint density at radius 1 is 1.17 bits per heavy atom. The number of carbonyl (C=O) groups is 1. The Kier molecular flexibility index (Phi) is 6.69. The maximum Gasteiger partial charge on any atom is 0.416 e. The van der Waals surface area contributed by atoms with Crippen molar-refractivity contribution in [1.82, 2.24) is 4.98 Å². The van der Waals surface area contributed by atoms with Crippen LogP contribution in [-0.4, -0.2) is 30.6 Å². The average molecular weight is 404 g/mol. The second kappa shape index (κ2) is 9.22. The van der Waals surface area contributed by atoms with Gasteiger partial charge in [-0.05, 0) is 55.5 Å². The normalized spacial score (nSPS) is 15.1. The van der Waals surface area contributed by atoms with Crippen LogP contribution >= 0.6 is 0 Å². The third kappa shape index (κ3) is 5.44. The minimum absolute atomic E-state index is 0.207. The smallest absolute Gasteiger partial charge is 0.381 e. The van der Waals surface area contributed by atoms with Crippen molar-refractivity contribution >= 4 is 11.6 Å². The lowest BCUT2D eigenvalue weighted by Gasteiger charge is -2.26. The number of aromatic nitrogens is 1. The van der Waals surface area contributed by atoms with E-state index in [4.69, 9.17) is 4.74 Å². The molecule has 1 fully saturated rings. The fourth-order valence-corrected chi connectivity index (χ4v) is 3.37. The summed E-state index contributed by atoms with van der Waals surface area (Å²) in [4.78, 5) is 18.3. The number of carbonyl (C=O) groups excluding carboxylic acids is 1. The van der Waals surface area contributed by atoms with Gasteiger partial charge in [-0.1, -0.05) is 18.7 Å². The van der Waals surface area contributed by atoms with E-state index in [0.29, 0.717) is 29.4 Å². The molecule has 1 aromatic heterocycles. The first kappa shape index (κ1) is 21.0. The Bertz CT molecular complexity index is 827. The van der Waals surface area contributed by atoms with Gasteiger partial charge < -0.3 is 9.64 Å². The molecule has 0 atom stereocenters. The van der Waals surface area contributed by atoms with Gasteiger partial charge in [0.25, 0.3) is 0 Å². The van der Waals surface area contributed by atoms with Crippen LogP contribution in [-0.2, 0) is 15.7 Å². The summed E-state index contributed by atoms with van der Waals surface area (Å²) in [6, 6.07) is 8.31. The summed E-state index contributed by atoms with van der Waals surface area (Å²) in [5.74, 6) is 0.310. The Labute approximate surface area is 168 Å². The lowest BCUT2D eigenvalue weighted by Crippen LogP contribution is -2.32. The van der Waals surface area contributed by atoms with Crippen molar-refractivity contribution in [3.05, 3.63) is 60.8 Å². The molecule has 0 bridgehead atoms. The van der Waals surface area contributed by atoms with Crippen LogP contribution < -0.4 is 4.90 Å². The molecule has 1 saturated heterocycles. The highest BCUT2D eigenvalue weighted by molar-refractivity contribution is 6.01. The van der Waals surface area contributed by atoms with Gasteiger partial charge in [0.1, 0.15) is 0 Å². The Morgan fingerprint density at radius 3 is 2.41 bits per heavy atom. The Balaban J connectivity index is 1.72. The third-order valence-electron chi connectivity index (χ3n) is 5.11. The minimum Gasteiger partial charge on any atom is -0.381 e. The summed E-state index contributed by atoms with van der Waals surface area (Å²) in [5.41, 5.74) is 1.05. The van der Waals surface area contributed by atoms with Gasteiger partial charge in [-0.2, -0.15) is 13.2 Å². The van der Waals surface area contributed by atoms with Gasteiger partial charge in [0, 0.05) is 25.3 Å². The molecule has 2 aromatic rings. The molecule has 0 saturated carbocycles. The van der Waals surface area contributed by atoms with Gasteiger partial charge in [-0.3, -0.25) is 9.78 Å². The summed E-state index contributed by atoms with van der Waals surface area (Å²) < 4.78 is 43.5. The highest BCUT2D eigenvalue weighted by Crippen LogP contribution is 2.31. The molecule has 0 radical (unpaired) electrons. The van der Waals surface area contributed by atoms with Crippen molar-refractivity contribution in [1.29, 1.82) is 0 Å². The first-order valence-corrected chi connectivity index (χ1v) is 9.54. The zero-order valence-electron chi connectivity index (χ0n) is 16.0. The highest BCUT2D eigenvalue weighted by atomic mass is 19.4. The SMILES string of the molecule is C=CC(=O)N(CCC1CCOCC1)c1ccc(-c2ccc(C(F)(F)F)cc2)nc1. The summed E-state index contributed by atoms with van der Waals surface area (Å²) >= 11 is 0. The first-order valence-electron chi connectivity index (χ1n) is 9.54. The Hall–Kier alpha value is -2.67. The molecule has 29 heavy (non-hydrogen) atoms. The highest BCUT2D eigenvalue weighted by Gasteiger charge is 2.30. The fraction of sp³-hybridized carbons (Fsp3) is 0.364. The lowest BCUT2D eigenvalue weighted by atomic mass is 9.96. The average Bonchev–Trinajstić information content (AvgIpc) is 2.74. The number of ether oxygens (including phenoxy) is 1. The van der Waals surface area contributed by atoms with Crippen molar-refractivity contribution in [2.45, 2.75) is 25.4 Å². The third-order valence-corrected chi connectivity index (χ3v) is 5.11. The van der Waals surface area contributed by atoms with E-state index in [1.165, 1.54) is 18.2 Å². The topological polar surface area (TPSA) is 42.4 Å². The van der Waals surface area contributed by atoms with Crippen molar-refractivity contribution in [2.75, 3.05) is 24.7 Å². The lowest BCUT2D eigenvalue weighted by molar-refractivity contribution is -0.137. The zero-order valence-corrected chi connectivity index (χ0v) is 16.0. The van der Waals surface area contributed by atoms with Crippen LogP contribution in [0.2, 0.25) is 0 Å². The molecule has 0 N–H and O–H groups in total. The predicted molar refractivity (Wildman–Crippen MR) is 105 cm³/mol. The summed E-state index contributed by atoms with van der Waals surface area (Å²) in [5, 5.41) is 0. The summed E-state index contributed by atoms with van der Waals surface area (Å²) in [6.07, 6.45) is 1.31. The second-order valence-corrected chi connectivity index (χ2v) is 7.02. The fourth-order valence-electron chi connectivity index (χ4n) is 3.37. The largest absolute Gasteiger partial charge is 0.416 e. The number of hydrogen-bond acceptors (Lipinski definition) is 3. The summed E-state index contributed by atoms with van der Waals surface area (Å²) in [7, 11) is 0. The monoisotopic (exact) mass is 404 g/mol. The molecule has 2 heterocycles. The molecule has 1 aliphatic rings. The van der Waals surface area contributed by atoms with E-state index in [1.807, 2.05) is 0 Å². The van der Waals surface area contributed by atoms with Crippen molar-refractivity contribution < 1.29 is 22.7 Å². The van der Waals surface area contributed by atoms with Crippen molar-refractivity contribution in [3.8, 4) is 11.3 Å². The summed E-state index contributed by atoms with van der Waals surface area (Å²) in [6.45, 7) is 5.63. The van der Waals surface area contributed by atoms with Gasteiger partial charge in [0.05, 0.1) is 23.1 Å². The molecular formula is C22H23F3N2O2. The van der Waals surface area contributed by atoms with Crippen LogP contribution in [0, 0.1) is 5.92 Å². The molecule has 0 unspecified atom stereocenters. The number of hydrogen-bond donors (Lipinski definition) is 0. The van der Waals surface area contributed by atoms with E-state index in [0.717, 1.165) is 44.6 Å². The van der Waals surface area contributed by atoms with E-state index >= 15 is 0 Å².